The van der Waals surface area contributed by atoms with Gasteiger partial charge < -0.3 is 5.43 Å². The van der Waals surface area contributed by atoms with Gasteiger partial charge in [0.2, 0.25) is 0 Å². The van der Waals surface area contributed by atoms with Gasteiger partial charge in [0.15, 0.2) is 0 Å². The third-order valence-corrected chi connectivity index (χ3v) is 5.34. The quantitative estimate of drug-likeness (QED) is 0.432. The molecule has 0 bridgehead atoms. The Bertz CT molecular complexity index is 1090. The molecule has 0 amide bonds. The molecule has 1 aliphatic rings. The summed E-state index contributed by atoms with van der Waals surface area (Å²) in [4.78, 5) is 0. The highest BCUT2D eigenvalue weighted by Gasteiger charge is 2.23. The molecule has 0 aromatic heterocycles. The molecule has 0 aliphatic carbocycles. The fourth-order valence-corrected chi connectivity index (χ4v) is 3.94. The molecule has 2 nitrogen and oxygen atoms in total. The van der Waals surface area contributed by atoms with Crippen molar-refractivity contribution in [2.45, 2.75) is 12.5 Å². The van der Waals surface area contributed by atoms with Gasteiger partial charge in [-0.2, -0.15) is 5.10 Å². The van der Waals surface area contributed by atoms with Crippen LogP contribution in [-0.4, -0.2) is 5.71 Å². The average molecular weight is 357 g/mol. The zero-order valence-electron chi connectivity index (χ0n) is 14.1. The summed E-state index contributed by atoms with van der Waals surface area (Å²) in [6.45, 7) is 0. The predicted octanol–water partition coefficient (Wildman–Crippen LogP) is 6.09. The number of fused-ring (bicyclic) bond motifs is 2. The van der Waals surface area contributed by atoms with Crippen LogP contribution >= 0.6 is 11.6 Å². The fraction of sp³-hybridized carbons (Fsp3) is 0.0870. The van der Waals surface area contributed by atoms with E-state index in [0.29, 0.717) is 0 Å². The molecule has 0 saturated carbocycles. The van der Waals surface area contributed by atoms with Gasteiger partial charge in [-0.05, 0) is 45.3 Å². The van der Waals surface area contributed by atoms with Crippen molar-refractivity contribution in [2.75, 3.05) is 0 Å². The largest absolute Gasteiger partial charge is 0.302 e. The molecule has 26 heavy (non-hydrogen) atoms. The van der Waals surface area contributed by atoms with Gasteiger partial charge >= 0.3 is 0 Å². The molecule has 1 unspecified atom stereocenters. The summed E-state index contributed by atoms with van der Waals surface area (Å²) < 4.78 is 0. The molecule has 0 radical (unpaired) electrons. The topological polar surface area (TPSA) is 24.4 Å². The Morgan fingerprint density at radius 1 is 0.808 bits per heavy atom. The second kappa shape index (κ2) is 6.15. The molecular weight excluding hydrogens is 340 g/mol. The Morgan fingerprint density at radius 3 is 2.08 bits per heavy atom. The summed E-state index contributed by atoms with van der Waals surface area (Å²) in [5.74, 6) is 0. The minimum atomic E-state index is 0.181. The molecule has 1 heterocycles. The summed E-state index contributed by atoms with van der Waals surface area (Å²) in [6, 6.07) is 27.5. The Hall–Kier alpha value is -2.84. The van der Waals surface area contributed by atoms with Crippen LogP contribution in [0.4, 0.5) is 0 Å². The molecule has 0 fully saturated rings. The van der Waals surface area contributed by atoms with Gasteiger partial charge in [-0.25, -0.2) is 0 Å². The second-order valence-corrected chi connectivity index (χ2v) is 7.13. The lowest BCUT2D eigenvalue weighted by atomic mass is 9.91. The lowest BCUT2D eigenvalue weighted by Gasteiger charge is -2.13. The third kappa shape index (κ3) is 2.54. The van der Waals surface area contributed by atoms with Crippen molar-refractivity contribution in [1.82, 2.24) is 5.43 Å². The van der Waals surface area contributed by atoms with Gasteiger partial charge in [0.25, 0.3) is 0 Å². The molecule has 126 valence electrons. The van der Waals surface area contributed by atoms with E-state index in [1.807, 2.05) is 12.1 Å². The summed E-state index contributed by atoms with van der Waals surface area (Å²) in [6.07, 6.45) is 0.861. The van der Waals surface area contributed by atoms with Crippen LogP contribution in [0.3, 0.4) is 0 Å². The second-order valence-electron chi connectivity index (χ2n) is 6.69. The van der Waals surface area contributed by atoms with E-state index in [0.717, 1.165) is 17.2 Å². The molecule has 1 aliphatic heterocycles. The van der Waals surface area contributed by atoms with Crippen LogP contribution < -0.4 is 5.43 Å². The van der Waals surface area contributed by atoms with Crippen molar-refractivity contribution >= 4 is 38.9 Å². The Kier molecular flexibility index (Phi) is 3.65. The maximum Gasteiger partial charge on any atom is 0.0745 e. The number of benzene rings is 4. The maximum absolute atomic E-state index is 6.02. The smallest absolute Gasteiger partial charge is 0.0745 e. The van der Waals surface area contributed by atoms with Gasteiger partial charge in [-0.15, -0.1) is 0 Å². The molecule has 1 N–H and O–H groups in total. The lowest BCUT2D eigenvalue weighted by molar-refractivity contribution is 0.620. The molecule has 0 spiro atoms. The van der Waals surface area contributed by atoms with Crippen molar-refractivity contribution in [1.29, 1.82) is 0 Å². The number of hydrogen-bond acceptors (Lipinski definition) is 2. The van der Waals surface area contributed by atoms with E-state index in [4.69, 9.17) is 16.7 Å². The Labute approximate surface area is 157 Å². The highest BCUT2D eigenvalue weighted by Crippen LogP contribution is 2.33. The van der Waals surface area contributed by atoms with E-state index in [1.165, 1.54) is 32.7 Å². The molecule has 0 saturated heterocycles. The fourth-order valence-electron chi connectivity index (χ4n) is 3.81. The molecule has 3 heteroatoms. The van der Waals surface area contributed by atoms with Crippen molar-refractivity contribution in [2.24, 2.45) is 5.10 Å². The number of halogens is 1. The Morgan fingerprint density at radius 2 is 1.42 bits per heavy atom. The minimum Gasteiger partial charge on any atom is -0.302 e. The summed E-state index contributed by atoms with van der Waals surface area (Å²) in [7, 11) is 0. The van der Waals surface area contributed by atoms with Crippen LogP contribution in [-0.2, 0) is 0 Å². The first-order chi connectivity index (χ1) is 12.8. The number of rotatable bonds is 2. The van der Waals surface area contributed by atoms with E-state index in [-0.39, 0.29) is 6.04 Å². The van der Waals surface area contributed by atoms with E-state index in [9.17, 15) is 0 Å². The van der Waals surface area contributed by atoms with Crippen LogP contribution in [0.1, 0.15) is 23.6 Å². The van der Waals surface area contributed by atoms with Crippen molar-refractivity contribution in [3.8, 4) is 0 Å². The van der Waals surface area contributed by atoms with Crippen LogP contribution in [0.5, 0.6) is 0 Å². The van der Waals surface area contributed by atoms with E-state index in [2.05, 4.69) is 72.2 Å². The van der Waals surface area contributed by atoms with E-state index >= 15 is 0 Å². The molecule has 4 aromatic carbocycles. The van der Waals surface area contributed by atoms with Gasteiger partial charge in [0.1, 0.15) is 0 Å². The monoisotopic (exact) mass is 356 g/mol. The molecular formula is C23H17ClN2. The standard InChI is InChI=1S/C23H17ClN2/c24-18-11-9-15(10-12-18)21-14-22(26-25-21)23-19-7-3-1-5-16(19)13-17-6-2-4-8-20(17)23/h1-13,21,25H,14H2. The Balaban J connectivity index is 1.63. The summed E-state index contributed by atoms with van der Waals surface area (Å²) in [5.41, 5.74) is 6.87. The van der Waals surface area contributed by atoms with Gasteiger partial charge in [-0.3, -0.25) is 0 Å². The summed E-state index contributed by atoms with van der Waals surface area (Å²) >= 11 is 6.02. The van der Waals surface area contributed by atoms with Crippen LogP contribution in [0.25, 0.3) is 21.5 Å². The zero-order valence-corrected chi connectivity index (χ0v) is 14.9. The molecule has 1 atom stereocenters. The number of hydrazone groups is 1. The zero-order chi connectivity index (χ0) is 17.5. The average Bonchev–Trinajstić information content (AvgIpc) is 3.16. The van der Waals surface area contributed by atoms with Crippen LogP contribution in [0.2, 0.25) is 5.02 Å². The summed E-state index contributed by atoms with van der Waals surface area (Å²) in [5, 5.41) is 10.5. The first-order valence-electron chi connectivity index (χ1n) is 8.78. The number of nitrogens with zero attached hydrogens (tertiary/aromatic N) is 1. The SMILES string of the molecule is Clc1ccc(C2CC(c3c4ccccc4cc4ccccc34)=NN2)cc1. The van der Waals surface area contributed by atoms with Gasteiger partial charge in [0, 0.05) is 17.0 Å². The first kappa shape index (κ1) is 15.4. The van der Waals surface area contributed by atoms with Crippen molar-refractivity contribution < 1.29 is 0 Å². The third-order valence-electron chi connectivity index (χ3n) is 5.09. The highest BCUT2D eigenvalue weighted by atomic mass is 35.5. The lowest BCUT2D eigenvalue weighted by Crippen LogP contribution is -2.09. The maximum atomic E-state index is 6.02. The predicted molar refractivity (Wildman–Crippen MR) is 110 cm³/mol. The van der Waals surface area contributed by atoms with E-state index in [1.54, 1.807) is 0 Å². The van der Waals surface area contributed by atoms with Crippen LogP contribution in [0.15, 0.2) is 84.0 Å². The highest BCUT2D eigenvalue weighted by molar-refractivity contribution is 6.30. The first-order valence-corrected chi connectivity index (χ1v) is 9.16. The number of hydrogen-bond donors (Lipinski definition) is 1. The molecule has 4 aromatic rings. The van der Waals surface area contributed by atoms with Crippen molar-refractivity contribution in [3.63, 3.8) is 0 Å². The van der Waals surface area contributed by atoms with Gasteiger partial charge in [0.05, 0.1) is 11.8 Å². The number of nitrogens with one attached hydrogen (secondary N) is 1. The van der Waals surface area contributed by atoms with Gasteiger partial charge in [-0.1, -0.05) is 72.3 Å². The van der Waals surface area contributed by atoms with E-state index < -0.39 is 0 Å². The minimum absolute atomic E-state index is 0.181. The normalized spacial score (nSPS) is 16.7. The molecule has 5 rings (SSSR count). The van der Waals surface area contributed by atoms with Crippen LogP contribution in [0, 0.1) is 0 Å². The van der Waals surface area contributed by atoms with Crippen molar-refractivity contribution in [3.05, 3.63) is 95.0 Å².